The van der Waals surface area contributed by atoms with Crippen molar-refractivity contribution in [3.8, 4) is 17.1 Å². The summed E-state index contributed by atoms with van der Waals surface area (Å²) in [4.78, 5) is 15.2. The number of pyridine rings is 1. The first-order chi connectivity index (χ1) is 12.6. The molecule has 0 radical (unpaired) electrons. The second-order valence-electron chi connectivity index (χ2n) is 6.20. The summed E-state index contributed by atoms with van der Waals surface area (Å²) in [6.45, 7) is 2.06. The summed E-state index contributed by atoms with van der Waals surface area (Å²) in [5.74, 6) is -0.226. The first-order valence-corrected chi connectivity index (χ1v) is 8.59. The summed E-state index contributed by atoms with van der Waals surface area (Å²) in [6, 6.07) is 13.9. The number of aliphatic carboxylic acids is 1. The molecule has 0 saturated heterocycles. The second-order valence-corrected chi connectivity index (χ2v) is 6.20. The molecule has 0 spiro atoms. The van der Waals surface area contributed by atoms with E-state index in [1.165, 1.54) is 5.56 Å². The minimum atomic E-state index is -0.774. The summed E-state index contributed by atoms with van der Waals surface area (Å²) in [7, 11) is 0. The van der Waals surface area contributed by atoms with E-state index >= 15 is 0 Å². The van der Waals surface area contributed by atoms with Crippen molar-refractivity contribution in [3.63, 3.8) is 0 Å². The Hall–Kier alpha value is -3.14. The number of carbonyl (C=O) groups is 1. The Morgan fingerprint density at radius 1 is 1.19 bits per heavy atom. The molecule has 0 bridgehead atoms. The van der Waals surface area contributed by atoms with Crippen LogP contribution in [0, 0.1) is 6.92 Å². The third kappa shape index (κ3) is 4.70. The summed E-state index contributed by atoms with van der Waals surface area (Å²) >= 11 is 0. The van der Waals surface area contributed by atoms with E-state index in [0.29, 0.717) is 12.3 Å². The van der Waals surface area contributed by atoms with E-state index in [-0.39, 0.29) is 6.42 Å². The van der Waals surface area contributed by atoms with E-state index in [1.807, 2.05) is 54.6 Å². The van der Waals surface area contributed by atoms with Crippen molar-refractivity contribution in [1.82, 2.24) is 4.98 Å². The van der Waals surface area contributed by atoms with Crippen molar-refractivity contribution in [2.45, 2.75) is 26.2 Å². The van der Waals surface area contributed by atoms with E-state index in [1.54, 1.807) is 6.26 Å². The highest BCUT2D eigenvalue weighted by atomic mass is 16.5. The highest BCUT2D eigenvalue weighted by Gasteiger charge is 2.06. The molecule has 2 aromatic rings. The molecule has 3 rings (SSSR count). The number of benzene rings is 1. The van der Waals surface area contributed by atoms with E-state index in [2.05, 4.69) is 18.0 Å². The molecule has 0 unspecified atom stereocenters. The maximum absolute atomic E-state index is 10.6. The van der Waals surface area contributed by atoms with Crippen molar-refractivity contribution in [2.75, 3.05) is 0 Å². The lowest BCUT2D eigenvalue weighted by Crippen LogP contribution is -1.97. The Balaban J connectivity index is 1.65. The maximum Gasteiger partial charge on any atom is 0.303 e. The van der Waals surface area contributed by atoms with Gasteiger partial charge in [-0.3, -0.25) is 4.79 Å². The highest BCUT2D eigenvalue weighted by molar-refractivity contribution is 5.67. The molecule has 0 fully saturated rings. The van der Waals surface area contributed by atoms with Crippen LogP contribution < -0.4 is 4.74 Å². The van der Waals surface area contributed by atoms with Gasteiger partial charge in [0, 0.05) is 18.1 Å². The molecule has 1 N–H and O–H groups in total. The molecule has 1 aliphatic carbocycles. The molecule has 1 heterocycles. The maximum atomic E-state index is 10.6. The zero-order valence-corrected chi connectivity index (χ0v) is 14.7. The molecule has 1 aromatic heterocycles. The molecule has 4 nitrogen and oxygen atoms in total. The molecule has 0 amide bonds. The number of rotatable bonds is 6. The summed E-state index contributed by atoms with van der Waals surface area (Å²) in [5.41, 5.74) is 5.21. The quantitative estimate of drug-likeness (QED) is 0.741. The van der Waals surface area contributed by atoms with E-state index in [0.717, 1.165) is 28.8 Å². The highest BCUT2D eigenvalue weighted by Crippen LogP contribution is 2.24. The number of carboxylic acids is 1. The fourth-order valence-corrected chi connectivity index (χ4v) is 2.75. The number of hydrogen-bond acceptors (Lipinski definition) is 3. The standard InChI is InChI=1S/C22H21NO3/c1-16-5-2-3-6-19(16)20-7-4-8-21(23-20)26-15-18-11-9-17(10-12-18)13-14-22(24)25/h2-11,15H,12-14H2,1H3,(H,24,25). The van der Waals surface area contributed by atoms with Crippen LogP contribution in [0.5, 0.6) is 5.88 Å². The fraction of sp³-hybridized carbons (Fsp3) is 0.182. The van der Waals surface area contributed by atoms with Crippen LogP contribution in [0.4, 0.5) is 0 Å². The number of allylic oxidation sites excluding steroid dienone is 5. The summed E-state index contributed by atoms with van der Waals surface area (Å²) in [5, 5.41) is 8.74. The number of nitrogens with zero attached hydrogens (tertiary/aromatic N) is 1. The molecule has 26 heavy (non-hydrogen) atoms. The van der Waals surface area contributed by atoms with Gasteiger partial charge in [-0.1, -0.05) is 54.1 Å². The van der Waals surface area contributed by atoms with Crippen LogP contribution >= 0.6 is 0 Å². The number of ether oxygens (including phenoxy) is 1. The van der Waals surface area contributed by atoms with Crippen molar-refractivity contribution in [3.05, 3.63) is 83.7 Å². The summed E-state index contributed by atoms with van der Waals surface area (Å²) in [6.07, 6.45) is 9.08. The topological polar surface area (TPSA) is 59.4 Å². The van der Waals surface area contributed by atoms with Crippen LogP contribution in [-0.2, 0) is 4.79 Å². The normalized spacial score (nSPS) is 15.0. The average molecular weight is 347 g/mol. The Kier molecular flexibility index (Phi) is 5.64. The predicted octanol–water partition coefficient (Wildman–Crippen LogP) is 5.07. The van der Waals surface area contributed by atoms with Crippen molar-refractivity contribution in [1.29, 1.82) is 0 Å². The zero-order valence-electron chi connectivity index (χ0n) is 14.7. The molecular weight excluding hydrogens is 326 g/mol. The third-order valence-electron chi connectivity index (χ3n) is 4.21. The van der Waals surface area contributed by atoms with Crippen molar-refractivity contribution < 1.29 is 14.6 Å². The van der Waals surface area contributed by atoms with Gasteiger partial charge in [-0.15, -0.1) is 0 Å². The van der Waals surface area contributed by atoms with E-state index in [9.17, 15) is 4.79 Å². The molecule has 0 saturated carbocycles. The van der Waals surface area contributed by atoms with Crippen LogP contribution in [0.15, 0.2) is 78.1 Å². The Labute approximate surface area is 153 Å². The largest absolute Gasteiger partial charge is 0.481 e. The Bertz CT molecular complexity index is 894. The minimum absolute atomic E-state index is 0.154. The van der Waals surface area contributed by atoms with Gasteiger partial charge in [0.05, 0.1) is 12.0 Å². The first-order valence-electron chi connectivity index (χ1n) is 8.59. The fourth-order valence-electron chi connectivity index (χ4n) is 2.75. The van der Waals surface area contributed by atoms with Crippen LogP contribution in [-0.4, -0.2) is 16.1 Å². The lowest BCUT2D eigenvalue weighted by Gasteiger charge is -2.09. The molecule has 1 aromatic carbocycles. The van der Waals surface area contributed by atoms with Crippen LogP contribution in [0.2, 0.25) is 0 Å². The Morgan fingerprint density at radius 2 is 2.04 bits per heavy atom. The first kappa shape index (κ1) is 17.7. The van der Waals surface area contributed by atoms with Crippen molar-refractivity contribution >= 4 is 5.97 Å². The van der Waals surface area contributed by atoms with Gasteiger partial charge in [-0.2, -0.15) is 0 Å². The van der Waals surface area contributed by atoms with E-state index < -0.39 is 5.97 Å². The van der Waals surface area contributed by atoms with Crippen LogP contribution in [0.1, 0.15) is 24.8 Å². The van der Waals surface area contributed by atoms with Crippen LogP contribution in [0.3, 0.4) is 0 Å². The minimum Gasteiger partial charge on any atom is -0.481 e. The van der Waals surface area contributed by atoms with Gasteiger partial charge in [-0.25, -0.2) is 4.98 Å². The van der Waals surface area contributed by atoms with Gasteiger partial charge >= 0.3 is 5.97 Å². The van der Waals surface area contributed by atoms with Gasteiger partial charge in [-0.05, 0) is 37.0 Å². The van der Waals surface area contributed by atoms with Gasteiger partial charge < -0.3 is 9.84 Å². The van der Waals surface area contributed by atoms with Gasteiger partial charge in [0.25, 0.3) is 0 Å². The molecule has 1 aliphatic rings. The number of aromatic nitrogens is 1. The van der Waals surface area contributed by atoms with Gasteiger partial charge in [0.15, 0.2) is 0 Å². The summed E-state index contributed by atoms with van der Waals surface area (Å²) < 4.78 is 5.73. The lowest BCUT2D eigenvalue weighted by molar-refractivity contribution is -0.136. The van der Waals surface area contributed by atoms with E-state index in [4.69, 9.17) is 9.84 Å². The third-order valence-corrected chi connectivity index (χ3v) is 4.21. The second kappa shape index (κ2) is 8.30. The van der Waals surface area contributed by atoms with Gasteiger partial charge in [0.2, 0.25) is 5.88 Å². The molecular formula is C22H21NO3. The van der Waals surface area contributed by atoms with Gasteiger partial charge in [0.1, 0.15) is 0 Å². The smallest absolute Gasteiger partial charge is 0.303 e. The SMILES string of the molecule is Cc1ccccc1-c1cccc(OC=C2C=CC(CCC(=O)O)=CC2)n1. The predicted molar refractivity (Wildman–Crippen MR) is 102 cm³/mol. The van der Waals surface area contributed by atoms with Crippen molar-refractivity contribution in [2.24, 2.45) is 0 Å². The number of hydrogen-bond donors (Lipinski definition) is 1. The Morgan fingerprint density at radius 3 is 2.77 bits per heavy atom. The monoisotopic (exact) mass is 347 g/mol. The lowest BCUT2D eigenvalue weighted by atomic mass is 10.00. The number of carboxylic acid groups (broad SMARTS) is 1. The molecule has 0 aliphatic heterocycles. The zero-order chi connectivity index (χ0) is 18.4. The average Bonchev–Trinajstić information content (AvgIpc) is 2.66. The molecule has 132 valence electrons. The molecule has 0 atom stereocenters. The molecule has 4 heteroatoms. The van der Waals surface area contributed by atoms with Crippen LogP contribution in [0.25, 0.3) is 11.3 Å². The number of aryl methyl sites for hydroxylation is 1.